The van der Waals surface area contributed by atoms with E-state index in [-0.39, 0.29) is 5.75 Å². The Morgan fingerprint density at radius 2 is 1.80 bits per heavy atom. The molecule has 0 aliphatic heterocycles. The van der Waals surface area contributed by atoms with Gasteiger partial charge in [-0.15, -0.1) is 6.42 Å². The van der Waals surface area contributed by atoms with Crippen molar-refractivity contribution >= 4 is 15.7 Å². The molecule has 1 N–H and O–H groups in total. The van der Waals surface area contributed by atoms with Crippen LogP contribution in [0.4, 0.5) is 5.69 Å². The zero-order valence-corrected chi connectivity index (χ0v) is 11.7. The number of terminal acetylenes is 1. The number of anilines is 1. The molecular formula is C16H15NO2S. The number of benzene rings is 2. The Morgan fingerprint density at radius 3 is 2.50 bits per heavy atom. The molecule has 0 unspecified atom stereocenters. The Labute approximate surface area is 119 Å². The van der Waals surface area contributed by atoms with Crippen molar-refractivity contribution in [3.63, 3.8) is 0 Å². The van der Waals surface area contributed by atoms with E-state index in [1.165, 1.54) is 0 Å². The highest BCUT2D eigenvalue weighted by molar-refractivity contribution is 7.92. The Morgan fingerprint density at radius 1 is 1.05 bits per heavy atom. The van der Waals surface area contributed by atoms with Crippen LogP contribution in [0.25, 0.3) is 0 Å². The molecule has 0 bridgehead atoms. The zero-order valence-electron chi connectivity index (χ0n) is 10.9. The highest BCUT2D eigenvalue weighted by Crippen LogP contribution is 2.12. The maximum Gasteiger partial charge on any atom is 0.233 e. The lowest BCUT2D eigenvalue weighted by Crippen LogP contribution is -2.18. The van der Waals surface area contributed by atoms with E-state index < -0.39 is 10.0 Å². The molecule has 0 saturated heterocycles. The fourth-order valence-corrected chi connectivity index (χ4v) is 2.89. The number of nitrogens with one attached hydrogen (secondary N) is 1. The van der Waals surface area contributed by atoms with Crippen LogP contribution in [0.3, 0.4) is 0 Å². The molecule has 0 aliphatic rings. The fourth-order valence-electron chi connectivity index (χ4n) is 1.80. The Kier molecular flexibility index (Phi) is 4.44. The van der Waals surface area contributed by atoms with E-state index in [1.54, 1.807) is 24.3 Å². The highest BCUT2D eigenvalue weighted by atomic mass is 32.2. The number of hydrogen-bond donors (Lipinski definition) is 1. The molecule has 0 aliphatic carbocycles. The van der Waals surface area contributed by atoms with Gasteiger partial charge in [0.1, 0.15) is 0 Å². The van der Waals surface area contributed by atoms with E-state index in [9.17, 15) is 8.42 Å². The van der Waals surface area contributed by atoms with Gasteiger partial charge >= 0.3 is 0 Å². The summed E-state index contributed by atoms with van der Waals surface area (Å²) in [5.41, 5.74) is 2.14. The average Bonchev–Trinajstić information content (AvgIpc) is 2.46. The molecule has 0 amide bonds. The number of rotatable bonds is 5. The number of hydrogen-bond acceptors (Lipinski definition) is 2. The van der Waals surface area contributed by atoms with Crippen molar-refractivity contribution in [1.82, 2.24) is 0 Å². The second-order valence-corrected chi connectivity index (χ2v) is 6.22. The van der Waals surface area contributed by atoms with Crippen molar-refractivity contribution in [3.05, 3.63) is 65.7 Å². The predicted octanol–water partition coefficient (Wildman–Crippen LogP) is 2.65. The molecule has 0 fully saturated rings. The minimum atomic E-state index is -3.38. The van der Waals surface area contributed by atoms with E-state index in [2.05, 4.69) is 10.6 Å². The van der Waals surface area contributed by atoms with E-state index in [0.29, 0.717) is 17.7 Å². The van der Waals surface area contributed by atoms with Crippen LogP contribution in [-0.4, -0.2) is 14.2 Å². The topological polar surface area (TPSA) is 46.2 Å². The molecule has 0 saturated carbocycles. The van der Waals surface area contributed by atoms with Crippen molar-refractivity contribution < 1.29 is 8.42 Å². The maximum atomic E-state index is 12.0. The summed E-state index contributed by atoms with van der Waals surface area (Å²) in [5.74, 6) is 2.52. The van der Waals surface area contributed by atoms with Crippen LogP contribution in [0.1, 0.15) is 11.1 Å². The third kappa shape index (κ3) is 4.15. The molecule has 4 heteroatoms. The minimum Gasteiger partial charge on any atom is -0.284 e. The third-order valence-corrected chi connectivity index (χ3v) is 4.09. The molecule has 0 heterocycles. The fraction of sp³-hybridized carbons (Fsp3) is 0.125. The van der Waals surface area contributed by atoms with Crippen LogP contribution in [0.5, 0.6) is 0 Å². The average molecular weight is 285 g/mol. The van der Waals surface area contributed by atoms with Crippen molar-refractivity contribution in [2.75, 3.05) is 10.5 Å². The SMILES string of the molecule is C#Cc1cccc(NS(=O)(=O)CCc2ccccc2)c1. The molecule has 0 radical (unpaired) electrons. The summed E-state index contributed by atoms with van der Waals surface area (Å²) in [7, 11) is -3.38. The lowest BCUT2D eigenvalue weighted by Gasteiger charge is -2.08. The van der Waals surface area contributed by atoms with Crippen molar-refractivity contribution in [1.29, 1.82) is 0 Å². The highest BCUT2D eigenvalue weighted by Gasteiger charge is 2.10. The summed E-state index contributed by atoms with van der Waals surface area (Å²) < 4.78 is 26.6. The van der Waals surface area contributed by atoms with Gasteiger partial charge in [-0.05, 0) is 30.2 Å². The second kappa shape index (κ2) is 6.27. The van der Waals surface area contributed by atoms with Gasteiger partial charge < -0.3 is 0 Å². The first kappa shape index (κ1) is 14.2. The molecule has 102 valence electrons. The second-order valence-electron chi connectivity index (χ2n) is 4.38. The summed E-state index contributed by atoms with van der Waals surface area (Å²) in [6, 6.07) is 16.3. The predicted molar refractivity (Wildman–Crippen MR) is 81.9 cm³/mol. The monoisotopic (exact) mass is 285 g/mol. The molecule has 0 aromatic heterocycles. The Bertz CT molecular complexity index is 716. The van der Waals surface area contributed by atoms with Crippen LogP contribution in [0, 0.1) is 12.3 Å². The number of aryl methyl sites for hydroxylation is 1. The summed E-state index contributed by atoms with van der Waals surface area (Å²) in [5, 5.41) is 0. The third-order valence-electron chi connectivity index (χ3n) is 2.80. The zero-order chi connectivity index (χ0) is 14.4. The van der Waals surface area contributed by atoms with Crippen molar-refractivity contribution in [2.24, 2.45) is 0 Å². The maximum absolute atomic E-state index is 12.0. The van der Waals surface area contributed by atoms with E-state index >= 15 is 0 Å². The minimum absolute atomic E-state index is 0.0390. The van der Waals surface area contributed by atoms with E-state index in [4.69, 9.17) is 6.42 Å². The standard InChI is InChI=1S/C16H15NO2S/c1-2-14-9-6-10-16(13-14)17-20(18,19)12-11-15-7-4-3-5-8-15/h1,3-10,13,17H,11-12H2. The van der Waals surface area contributed by atoms with Gasteiger partial charge in [0.2, 0.25) is 10.0 Å². The molecule has 2 aromatic rings. The van der Waals surface area contributed by atoms with Crippen molar-refractivity contribution in [3.8, 4) is 12.3 Å². The molecule has 0 atom stereocenters. The van der Waals surface area contributed by atoms with Gasteiger partial charge in [-0.1, -0.05) is 42.3 Å². The van der Waals surface area contributed by atoms with Crippen LogP contribution in [-0.2, 0) is 16.4 Å². The van der Waals surface area contributed by atoms with Gasteiger partial charge in [0.25, 0.3) is 0 Å². The quantitative estimate of drug-likeness (QED) is 0.858. The summed E-state index contributed by atoms with van der Waals surface area (Å²) in [4.78, 5) is 0. The molecule has 2 aromatic carbocycles. The largest absolute Gasteiger partial charge is 0.284 e. The molecule has 3 nitrogen and oxygen atoms in total. The van der Waals surface area contributed by atoms with Crippen molar-refractivity contribution in [2.45, 2.75) is 6.42 Å². The van der Waals surface area contributed by atoms with Crippen LogP contribution in [0.2, 0.25) is 0 Å². The Balaban J connectivity index is 2.02. The lowest BCUT2D eigenvalue weighted by molar-refractivity contribution is 0.600. The lowest BCUT2D eigenvalue weighted by atomic mass is 10.2. The first-order chi connectivity index (χ1) is 9.59. The summed E-state index contributed by atoms with van der Waals surface area (Å²) >= 11 is 0. The summed E-state index contributed by atoms with van der Waals surface area (Å²) in [6.45, 7) is 0. The van der Waals surface area contributed by atoms with Crippen LogP contribution < -0.4 is 4.72 Å². The first-order valence-corrected chi connectivity index (χ1v) is 7.85. The number of sulfonamides is 1. The molecule has 0 spiro atoms. The van der Waals surface area contributed by atoms with Crippen LogP contribution >= 0.6 is 0 Å². The van der Waals surface area contributed by atoms with Gasteiger partial charge in [-0.2, -0.15) is 0 Å². The van der Waals surface area contributed by atoms with Gasteiger partial charge in [0, 0.05) is 11.3 Å². The van der Waals surface area contributed by atoms with Gasteiger partial charge in [0.15, 0.2) is 0 Å². The molecule has 2 rings (SSSR count). The Hall–Kier alpha value is -2.25. The normalized spacial score (nSPS) is 10.8. The van der Waals surface area contributed by atoms with Gasteiger partial charge in [0.05, 0.1) is 5.75 Å². The van der Waals surface area contributed by atoms with Gasteiger partial charge in [-0.3, -0.25) is 4.72 Å². The smallest absolute Gasteiger partial charge is 0.233 e. The van der Waals surface area contributed by atoms with Crippen LogP contribution in [0.15, 0.2) is 54.6 Å². The molecule has 20 heavy (non-hydrogen) atoms. The van der Waals surface area contributed by atoms with E-state index in [0.717, 1.165) is 5.56 Å². The van der Waals surface area contributed by atoms with Gasteiger partial charge in [-0.25, -0.2) is 8.42 Å². The van der Waals surface area contributed by atoms with E-state index in [1.807, 2.05) is 30.3 Å². The summed E-state index contributed by atoms with van der Waals surface area (Å²) in [6.07, 6.45) is 5.77. The molecular weight excluding hydrogens is 270 g/mol. The first-order valence-electron chi connectivity index (χ1n) is 6.20.